The van der Waals surface area contributed by atoms with Crippen molar-refractivity contribution in [2.24, 2.45) is 0 Å². The summed E-state index contributed by atoms with van der Waals surface area (Å²) in [7, 11) is 0. The van der Waals surface area contributed by atoms with Crippen molar-refractivity contribution >= 4 is 22.4 Å². The first kappa shape index (κ1) is 17.9. The molecule has 1 aromatic carbocycles. The molecular formula is C20H23N5OS. The van der Waals surface area contributed by atoms with E-state index in [9.17, 15) is 4.79 Å². The number of nitrogens with one attached hydrogen (secondary N) is 1. The first-order valence-corrected chi connectivity index (χ1v) is 10.3. The van der Waals surface area contributed by atoms with Gasteiger partial charge in [-0.3, -0.25) is 10.1 Å². The molecule has 27 heavy (non-hydrogen) atoms. The van der Waals surface area contributed by atoms with Crippen LogP contribution in [0.4, 0.5) is 5.13 Å². The predicted octanol–water partition coefficient (Wildman–Crippen LogP) is 4.25. The third kappa shape index (κ3) is 3.64. The van der Waals surface area contributed by atoms with Gasteiger partial charge in [-0.2, -0.15) is 0 Å². The highest BCUT2D eigenvalue weighted by Gasteiger charge is 2.25. The number of nitrogens with zero attached hydrogens (tertiary/aromatic N) is 4. The van der Waals surface area contributed by atoms with Gasteiger partial charge in [0.05, 0.1) is 5.69 Å². The second-order valence-electron chi connectivity index (χ2n) is 6.87. The Morgan fingerprint density at radius 2 is 2.00 bits per heavy atom. The summed E-state index contributed by atoms with van der Waals surface area (Å²) in [5, 5.41) is 12.5. The summed E-state index contributed by atoms with van der Waals surface area (Å²) in [6.07, 6.45) is 5.05. The van der Waals surface area contributed by atoms with Gasteiger partial charge in [-0.15, -0.1) is 10.2 Å². The number of hydrogen-bond donors (Lipinski definition) is 1. The topological polar surface area (TPSA) is 72.7 Å². The van der Waals surface area contributed by atoms with E-state index in [4.69, 9.17) is 4.98 Å². The normalized spacial score (nSPS) is 13.9. The smallest absolute Gasteiger partial charge is 0.277 e. The summed E-state index contributed by atoms with van der Waals surface area (Å²) in [6.45, 7) is 4.99. The van der Waals surface area contributed by atoms with Crippen molar-refractivity contribution in [2.75, 3.05) is 5.32 Å². The van der Waals surface area contributed by atoms with E-state index in [0.717, 1.165) is 54.3 Å². The summed E-state index contributed by atoms with van der Waals surface area (Å²) in [5.74, 6) is 0.682. The number of fused-ring (bicyclic) bond motifs is 1. The van der Waals surface area contributed by atoms with Gasteiger partial charge in [0.25, 0.3) is 5.91 Å². The molecule has 7 heteroatoms. The van der Waals surface area contributed by atoms with Gasteiger partial charge in [-0.1, -0.05) is 54.5 Å². The number of aryl methyl sites for hydroxylation is 2. The number of benzene rings is 1. The van der Waals surface area contributed by atoms with Gasteiger partial charge in [-0.05, 0) is 32.6 Å². The fourth-order valence-corrected chi connectivity index (χ4v) is 4.10. The van der Waals surface area contributed by atoms with Crippen molar-refractivity contribution in [1.82, 2.24) is 19.7 Å². The van der Waals surface area contributed by atoms with Crippen LogP contribution in [0.1, 0.15) is 52.9 Å². The fraction of sp³-hybridized carbons (Fsp3) is 0.400. The van der Waals surface area contributed by atoms with E-state index < -0.39 is 0 Å². The number of amides is 1. The Morgan fingerprint density at radius 1 is 1.19 bits per heavy atom. The van der Waals surface area contributed by atoms with Gasteiger partial charge in [0.1, 0.15) is 16.5 Å². The molecule has 0 radical (unpaired) electrons. The molecule has 1 aliphatic heterocycles. The van der Waals surface area contributed by atoms with Crippen LogP contribution in [0, 0.1) is 6.92 Å². The van der Waals surface area contributed by atoms with Crippen LogP contribution < -0.4 is 5.32 Å². The standard InChI is InChI=1S/C20H23N5OS/c1-3-16-23-24-20(27-16)22-19(26)17-15-7-5-4-6-12-25(15)18(21-17)14-10-8-13(2)9-11-14/h8-11H,3-7,12H2,1-2H3,(H,22,24,26). The third-order valence-electron chi connectivity index (χ3n) is 4.88. The van der Waals surface area contributed by atoms with E-state index >= 15 is 0 Å². The molecule has 4 rings (SSSR count). The van der Waals surface area contributed by atoms with Crippen LogP contribution >= 0.6 is 11.3 Å². The summed E-state index contributed by atoms with van der Waals surface area (Å²) >= 11 is 1.41. The highest BCUT2D eigenvalue weighted by molar-refractivity contribution is 7.15. The number of aromatic nitrogens is 4. The van der Waals surface area contributed by atoms with Crippen molar-refractivity contribution < 1.29 is 4.79 Å². The minimum Gasteiger partial charge on any atom is -0.327 e. The van der Waals surface area contributed by atoms with Gasteiger partial charge in [0.15, 0.2) is 0 Å². The van der Waals surface area contributed by atoms with Crippen LogP contribution in [0.5, 0.6) is 0 Å². The molecule has 0 saturated heterocycles. The molecule has 0 bridgehead atoms. The van der Waals surface area contributed by atoms with Gasteiger partial charge >= 0.3 is 0 Å². The van der Waals surface area contributed by atoms with Crippen molar-refractivity contribution in [3.05, 3.63) is 46.2 Å². The lowest BCUT2D eigenvalue weighted by Gasteiger charge is -2.09. The van der Waals surface area contributed by atoms with E-state index in [-0.39, 0.29) is 5.91 Å². The van der Waals surface area contributed by atoms with Crippen LogP contribution in [-0.2, 0) is 19.4 Å². The van der Waals surface area contributed by atoms with Crippen molar-refractivity contribution in [3.63, 3.8) is 0 Å². The molecule has 2 aromatic heterocycles. The Balaban J connectivity index is 1.71. The summed E-state index contributed by atoms with van der Waals surface area (Å²) < 4.78 is 2.23. The van der Waals surface area contributed by atoms with Crippen LogP contribution in [0.25, 0.3) is 11.4 Å². The molecule has 0 unspecified atom stereocenters. The molecule has 1 aliphatic rings. The molecule has 140 valence electrons. The SMILES string of the molecule is CCc1nnc(NC(=O)c2nc(-c3ccc(C)cc3)n3c2CCCCC3)s1. The maximum Gasteiger partial charge on any atom is 0.277 e. The van der Waals surface area contributed by atoms with Gasteiger partial charge in [-0.25, -0.2) is 4.98 Å². The van der Waals surface area contributed by atoms with Crippen LogP contribution in [-0.4, -0.2) is 25.7 Å². The minimum absolute atomic E-state index is 0.196. The Kier molecular flexibility index (Phi) is 5.03. The summed E-state index contributed by atoms with van der Waals surface area (Å²) in [4.78, 5) is 17.7. The second-order valence-corrected chi connectivity index (χ2v) is 7.93. The molecule has 6 nitrogen and oxygen atoms in total. The highest BCUT2D eigenvalue weighted by atomic mass is 32.1. The molecule has 0 fully saturated rings. The number of hydrogen-bond acceptors (Lipinski definition) is 5. The molecule has 3 aromatic rings. The molecular weight excluding hydrogens is 358 g/mol. The molecule has 0 atom stereocenters. The Morgan fingerprint density at radius 3 is 2.74 bits per heavy atom. The van der Waals surface area contributed by atoms with E-state index in [1.807, 2.05) is 6.92 Å². The van der Waals surface area contributed by atoms with Gasteiger partial charge < -0.3 is 4.57 Å². The van der Waals surface area contributed by atoms with E-state index in [1.165, 1.54) is 23.3 Å². The fourth-order valence-electron chi connectivity index (χ4n) is 3.43. The maximum absolute atomic E-state index is 12.9. The third-order valence-corrected chi connectivity index (χ3v) is 5.87. The monoisotopic (exact) mass is 381 g/mol. The first-order valence-electron chi connectivity index (χ1n) is 9.46. The van der Waals surface area contributed by atoms with E-state index in [2.05, 4.69) is 51.3 Å². The minimum atomic E-state index is -0.196. The number of rotatable bonds is 4. The van der Waals surface area contributed by atoms with E-state index in [0.29, 0.717) is 10.8 Å². The van der Waals surface area contributed by atoms with Crippen LogP contribution in [0.15, 0.2) is 24.3 Å². The quantitative estimate of drug-likeness (QED) is 0.733. The predicted molar refractivity (Wildman–Crippen MR) is 107 cm³/mol. The Labute approximate surface area is 162 Å². The molecule has 1 N–H and O–H groups in total. The Bertz CT molecular complexity index is 957. The molecule has 0 aliphatic carbocycles. The number of anilines is 1. The van der Waals surface area contributed by atoms with Gasteiger partial charge in [0.2, 0.25) is 5.13 Å². The lowest BCUT2D eigenvalue weighted by Crippen LogP contribution is -2.15. The molecule has 3 heterocycles. The zero-order valence-electron chi connectivity index (χ0n) is 15.7. The van der Waals surface area contributed by atoms with Crippen molar-refractivity contribution in [2.45, 2.75) is 52.5 Å². The highest BCUT2D eigenvalue weighted by Crippen LogP contribution is 2.28. The summed E-state index contributed by atoms with van der Waals surface area (Å²) in [5.41, 5.74) is 3.80. The number of carbonyl (C=O) groups excluding carboxylic acids is 1. The maximum atomic E-state index is 12.9. The lowest BCUT2D eigenvalue weighted by molar-refractivity contribution is 0.102. The van der Waals surface area contributed by atoms with E-state index in [1.54, 1.807) is 0 Å². The number of carbonyl (C=O) groups is 1. The van der Waals surface area contributed by atoms with Crippen LogP contribution in [0.3, 0.4) is 0 Å². The van der Waals surface area contributed by atoms with Crippen LogP contribution in [0.2, 0.25) is 0 Å². The lowest BCUT2D eigenvalue weighted by atomic mass is 10.1. The molecule has 0 saturated carbocycles. The molecule has 1 amide bonds. The Hall–Kier alpha value is -2.54. The zero-order chi connectivity index (χ0) is 18.8. The zero-order valence-corrected chi connectivity index (χ0v) is 16.5. The largest absolute Gasteiger partial charge is 0.327 e. The average Bonchev–Trinajstić information content (AvgIpc) is 3.19. The second kappa shape index (κ2) is 7.60. The first-order chi connectivity index (χ1) is 13.2. The van der Waals surface area contributed by atoms with Crippen molar-refractivity contribution in [1.29, 1.82) is 0 Å². The molecule has 0 spiro atoms. The number of imidazole rings is 1. The average molecular weight is 382 g/mol. The van der Waals surface area contributed by atoms with Gasteiger partial charge in [0, 0.05) is 12.1 Å². The van der Waals surface area contributed by atoms with Crippen molar-refractivity contribution in [3.8, 4) is 11.4 Å². The summed E-state index contributed by atoms with van der Waals surface area (Å²) in [6, 6.07) is 8.33.